The molecule has 1 saturated heterocycles. The average molecular weight is 264 g/mol. The number of hydrogen-bond acceptors (Lipinski definition) is 2. The molecule has 1 aliphatic heterocycles. The van der Waals surface area contributed by atoms with Crippen molar-refractivity contribution in [2.75, 3.05) is 13.1 Å². The Morgan fingerprint density at radius 2 is 2.16 bits per heavy atom. The lowest BCUT2D eigenvalue weighted by Crippen LogP contribution is -2.44. The Bertz CT molecular complexity index is 516. The van der Waals surface area contributed by atoms with Crippen LogP contribution in [0.4, 0.5) is 4.39 Å². The summed E-state index contributed by atoms with van der Waals surface area (Å²) < 4.78 is 13.9. The van der Waals surface area contributed by atoms with Crippen molar-refractivity contribution in [2.24, 2.45) is 11.7 Å². The zero-order valence-corrected chi connectivity index (χ0v) is 10.9. The molecule has 0 aliphatic carbocycles. The Balaban J connectivity index is 2.19. The van der Waals surface area contributed by atoms with Crippen molar-refractivity contribution in [3.05, 3.63) is 35.1 Å². The number of likely N-dealkylation sites (tertiary alicyclic amines) is 1. The quantitative estimate of drug-likeness (QED) is 0.879. The molecular weight excluding hydrogens is 247 g/mol. The molecule has 2 rings (SSSR count). The van der Waals surface area contributed by atoms with Gasteiger partial charge in [0.05, 0.1) is 11.5 Å². The van der Waals surface area contributed by atoms with Crippen LogP contribution in [-0.2, 0) is 4.79 Å². The third-order valence-corrected chi connectivity index (χ3v) is 3.53. The maximum absolute atomic E-state index is 13.9. The molecule has 1 aromatic rings. The highest BCUT2D eigenvalue weighted by Gasteiger charge is 2.28. The summed E-state index contributed by atoms with van der Waals surface area (Å²) >= 11 is 0. The topological polar surface area (TPSA) is 63.4 Å². The van der Waals surface area contributed by atoms with Crippen molar-refractivity contribution in [1.82, 2.24) is 4.90 Å². The monoisotopic (exact) mass is 264 g/mol. The first kappa shape index (κ1) is 13.5. The van der Waals surface area contributed by atoms with E-state index in [2.05, 4.69) is 0 Å². The molecule has 2 amide bonds. The number of benzene rings is 1. The summed E-state index contributed by atoms with van der Waals surface area (Å²) in [5.41, 5.74) is 5.77. The summed E-state index contributed by atoms with van der Waals surface area (Å²) in [6.45, 7) is 2.44. The lowest BCUT2D eigenvalue weighted by atomic mass is 9.96. The van der Waals surface area contributed by atoms with Crippen molar-refractivity contribution >= 4 is 11.8 Å². The summed E-state index contributed by atoms with van der Waals surface area (Å²) in [6.07, 6.45) is 1.40. The number of aryl methyl sites for hydroxylation is 1. The van der Waals surface area contributed by atoms with Gasteiger partial charge in [-0.2, -0.15) is 0 Å². The summed E-state index contributed by atoms with van der Waals surface area (Å²) in [4.78, 5) is 25.0. The van der Waals surface area contributed by atoms with E-state index >= 15 is 0 Å². The van der Waals surface area contributed by atoms with Gasteiger partial charge in [-0.25, -0.2) is 4.39 Å². The van der Waals surface area contributed by atoms with E-state index in [4.69, 9.17) is 5.73 Å². The fourth-order valence-corrected chi connectivity index (χ4v) is 2.38. The number of carbonyl (C=O) groups is 2. The van der Waals surface area contributed by atoms with E-state index in [9.17, 15) is 14.0 Å². The Hall–Kier alpha value is -1.91. The summed E-state index contributed by atoms with van der Waals surface area (Å²) in [6, 6.07) is 4.74. The van der Waals surface area contributed by atoms with Crippen LogP contribution in [0.25, 0.3) is 0 Å². The van der Waals surface area contributed by atoms with E-state index in [1.807, 2.05) is 0 Å². The van der Waals surface area contributed by atoms with Gasteiger partial charge in [0.1, 0.15) is 5.82 Å². The van der Waals surface area contributed by atoms with Crippen LogP contribution >= 0.6 is 0 Å². The first-order valence-electron chi connectivity index (χ1n) is 6.34. The van der Waals surface area contributed by atoms with Crippen LogP contribution < -0.4 is 5.73 Å². The maximum Gasteiger partial charge on any atom is 0.256 e. The Morgan fingerprint density at radius 3 is 2.84 bits per heavy atom. The fourth-order valence-electron chi connectivity index (χ4n) is 2.38. The molecule has 1 aliphatic rings. The standard InChI is InChI=1S/C14H17FN2O2/c1-9-4-2-6-11(12(9)15)14(19)17-7-3-5-10(8-17)13(16)18/h2,4,6,10H,3,5,7-8H2,1H3,(H2,16,18). The number of amides is 2. The lowest BCUT2D eigenvalue weighted by molar-refractivity contribution is -0.123. The number of carbonyl (C=O) groups excluding carboxylic acids is 2. The summed E-state index contributed by atoms with van der Waals surface area (Å²) in [5, 5.41) is 0. The number of rotatable bonds is 2. The highest BCUT2D eigenvalue weighted by molar-refractivity contribution is 5.95. The van der Waals surface area contributed by atoms with E-state index < -0.39 is 11.7 Å². The van der Waals surface area contributed by atoms with Gasteiger partial charge in [-0.3, -0.25) is 9.59 Å². The molecule has 0 aromatic heterocycles. The number of nitrogens with zero attached hydrogens (tertiary/aromatic N) is 1. The molecule has 1 fully saturated rings. The third kappa shape index (κ3) is 2.75. The largest absolute Gasteiger partial charge is 0.369 e. The van der Waals surface area contributed by atoms with Crippen LogP contribution in [0.15, 0.2) is 18.2 Å². The summed E-state index contributed by atoms with van der Waals surface area (Å²) in [7, 11) is 0. The van der Waals surface area contributed by atoms with Crippen molar-refractivity contribution in [2.45, 2.75) is 19.8 Å². The minimum atomic E-state index is -0.492. The molecule has 0 spiro atoms. The van der Waals surface area contributed by atoms with Gasteiger partial charge in [0, 0.05) is 13.1 Å². The predicted octanol–water partition coefficient (Wildman–Crippen LogP) is 1.47. The zero-order valence-electron chi connectivity index (χ0n) is 10.9. The first-order valence-corrected chi connectivity index (χ1v) is 6.34. The van der Waals surface area contributed by atoms with Gasteiger partial charge in [0.25, 0.3) is 5.91 Å². The molecule has 102 valence electrons. The number of halogens is 1. The SMILES string of the molecule is Cc1cccc(C(=O)N2CCCC(C(N)=O)C2)c1F. The van der Waals surface area contributed by atoms with Gasteiger partial charge < -0.3 is 10.6 Å². The van der Waals surface area contributed by atoms with Gasteiger partial charge in [-0.1, -0.05) is 12.1 Å². The van der Waals surface area contributed by atoms with Crippen molar-refractivity contribution in [1.29, 1.82) is 0 Å². The zero-order chi connectivity index (χ0) is 14.0. The number of hydrogen-bond donors (Lipinski definition) is 1. The average Bonchev–Trinajstić information content (AvgIpc) is 2.41. The van der Waals surface area contributed by atoms with Crippen molar-refractivity contribution < 1.29 is 14.0 Å². The van der Waals surface area contributed by atoms with Gasteiger partial charge in [0.2, 0.25) is 5.91 Å². The Morgan fingerprint density at radius 1 is 1.42 bits per heavy atom. The molecular formula is C14H17FN2O2. The highest BCUT2D eigenvalue weighted by atomic mass is 19.1. The normalized spacial score (nSPS) is 19.3. The predicted molar refractivity (Wildman–Crippen MR) is 69.0 cm³/mol. The molecule has 1 aromatic carbocycles. The molecule has 2 N–H and O–H groups in total. The molecule has 4 nitrogen and oxygen atoms in total. The molecule has 0 saturated carbocycles. The first-order chi connectivity index (χ1) is 9.00. The number of piperidine rings is 1. The van der Waals surface area contributed by atoms with Crippen LogP contribution in [0.2, 0.25) is 0 Å². The Kier molecular flexibility index (Phi) is 3.83. The molecule has 1 atom stereocenters. The summed E-state index contributed by atoms with van der Waals surface area (Å²) in [5.74, 6) is -1.59. The minimum Gasteiger partial charge on any atom is -0.369 e. The van der Waals surface area contributed by atoms with Crippen LogP contribution in [-0.4, -0.2) is 29.8 Å². The molecule has 19 heavy (non-hydrogen) atoms. The molecule has 5 heteroatoms. The molecule has 0 bridgehead atoms. The molecule has 1 unspecified atom stereocenters. The van der Waals surface area contributed by atoms with Crippen molar-refractivity contribution in [3.8, 4) is 0 Å². The number of primary amides is 1. The number of nitrogens with two attached hydrogens (primary N) is 1. The van der Waals surface area contributed by atoms with E-state index in [-0.39, 0.29) is 23.9 Å². The van der Waals surface area contributed by atoms with Crippen LogP contribution in [0.5, 0.6) is 0 Å². The fraction of sp³-hybridized carbons (Fsp3) is 0.429. The van der Waals surface area contributed by atoms with Gasteiger partial charge in [-0.15, -0.1) is 0 Å². The minimum absolute atomic E-state index is 0.0603. The Labute approximate surface area is 111 Å². The van der Waals surface area contributed by atoms with E-state index in [0.717, 1.165) is 0 Å². The second-order valence-electron chi connectivity index (χ2n) is 4.93. The van der Waals surface area contributed by atoms with E-state index in [1.54, 1.807) is 19.1 Å². The van der Waals surface area contributed by atoms with Gasteiger partial charge in [-0.05, 0) is 31.4 Å². The second-order valence-corrected chi connectivity index (χ2v) is 4.93. The molecule has 1 heterocycles. The van der Waals surface area contributed by atoms with Crippen LogP contribution in [0.3, 0.4) is 0 Å². The lowest BCUT2D eigenvalue weighted by Gasteiger charge is -2.31. The maximum atomic E-state index is 13.9. The van der Waals surface area contributed by atoms with Crippen LogP contribution in [0.1, 0.15) is 28.8 Å². The van der Waals surface area contributed by atoms with Gasteiger partial charge >= 0.3 is 0 Å². The van der Waals surface area contributed by atoms with Crippen molar-refractivity contribution in [3.63, 3.8) is 0 Å². The van der Waals surface area contributed by atoms with E-state index in [0.29, 0.717) is 24.9 Å². The van der Waals surface area contributed by atoms with Gasteiger partial charge in [0.15, 0.2) is 0 Å². The smallest absolute Gasteiger partial charge is 0.256 e. The molecule has 0 radical (unpaired) electrons. The van der Waals surface area contributed by atoms with Crippen LogP contribution in [0, 0.1) is 18.7 Å². The highest BCUT2D eigenvalue weighted by Crippen LogP contribution is 2.20. The third-order valence-electron chi connectivity index (χ3n) is 3.53. The van der Waals surface area contributed by atoms with E-state index in [1.165, 1.54) is 11.0 Å². The second kappa shape index (κ2) is 5.38.